The molecule has 0 aromatic carbocycles. The molecule has 1 aliphatic heterocycles. The maximum Gasteiger partial charge on any atom is 0.255 e. The number of fused-ring (bicyclic) bond motifs is 1. The van der Waals surface area contributed by atoms with Crippen LogP contribution in [0.25, 0.3) is 0 Å². The second-order valence-electron chi connectivity index (χ2n) is 5.89. The van der Waals surface area contributed by atoms with E-state index in [1.165, 1.54) is 31.0 Å². The molecule has 0 radical (unpaired) electrons. The van der Waals surface area contributed by atoms with Gasteiger partial charge in [-0.3, -0.25) is 9.59 Å². The largest absolute Gasteiger partial charge is 0.352 e. The molecule has 7 heteroatoms. The zero-order valence-corrected chi connectivity index (χ0v) is 14.3. The molecule has 120 valence electrons. The zero-order chi connectivity index (χ0) is 15.5. The van der Waals surface area contributed by atoms with E-state index in [0.717, 1.165) is 35.6 Å². The topological polar surface area (TPSA) is 74.8 Å². The molecule has 2 N–H and O–H groups in total. The van der Waals surface area contributed by atoms with E-state index in [1.54, 1.807) is 11.8 Å². The Kier molecular flexibility index (Phi) is 5.13. The Bertz CT molecular complexity index is 611. The number of nitrogens with one attached hydrogen (secondary N) is 2. The lowest BCUT2D eigenvalue weighted by Crippen LogP contribution is -2.40. The van der Waals surface area contributed by atoms with Gasteiger partial charge in [-0.1, -0.05) is 31.0 Å². The number of aromatic nitrogens is 2. The Morgan fingerprint density at radius 1 is 1.36 bits per heavy atom. The molecule has 1 amide bonds. The summed E-state index contributed by atoms with van der Waals surface area (Å²) in [4.78, 5) is 31.5. The van der Waals surface area contributed by atoms with Crippen LogP contribution < -0.4 is 10.9 Å². The molecule has 0 spiro atoms. The van der Waals surface area contributed by atoms with Gasteiger partial charge in [0.1, 0.15) is 0 Å². The van der Waals surface area contributed by atoms with Crippen molar-refractivity contribution >= 4 is 29.4 Å². The van der Waals surface area contributed by atoms with Crippen molar-refractivity contribution in [3.63, 3.8) is 0 Å². The molecule has 1 fully saturated rings. The van der Waals surface area contributed by atoms with Crippen LogP contribution in [0.4, 0.5) is 0 Å². The van der Waals surface area contributed by atoms with E-state index in [1.807, 2.05) is 6.92 Å². The number of rotatable bonds is 4. The minimum absolute atomic E-state index is 0.0365. The average Bonchev–Trinajstić information content (AvgIpc) is 2.97. The average molecular weight is 339 g/mol. The summed E-state index contributed by atoms with van der Waals surface area (Å²) in [6.07, 6.45) is 5.82. The number of hydrogen-bond acceptors (Lipinski definition) is 5. The predicted molar refractivity (Wildman–Crippen MR) is 90.2 cm³/mol. The van der Waals surface area contributed by atoms with E-state index in [4.69, 9.17) is 0 Å². The SMILES string of the molecule is CC(Sc1nc2c(c(=O)[nH]1)CSC2)C(=O)NC1CCCCC1. The molecule has 1 aliphatic carbocycles. The van der Waals surface area contributed by atoms with Gasteiger partial charge in [0, 0.05) is 23.1 Å². The summed E-state index contributed by atoms with van der Waals surface area (Å²) in [5.74, 6) is 1.56. The van der Waals surface area contributed by atoms with E-state index >= 15 is 0 Å². The molecule has 5 nitrogen and oxygen atoms in total. The van der Waals surface area contributed by atoms with Crippen molar-refractivity contribution in [2.24, 2.45) is 0 Å². The highest BCUT2D eigenvalue weighted by molar-refractivity contribution is 8.00. The number of amides is 1. The molecular formula is C15H21N3O2S2. The molecule has 1 atom stereocenters. The Balaban J connectivity index is 1.61. The molecular weight excluding hydrogens is 318 g/mol. The summed E-state index contributed by atoms with van der Waals surface area (Å²) in [6, 6.07) is 0.313. The second kappa shape index (κ2) is 7.08. The van der Waals surface area contributed by atoms with Crippen LogP contribution in [0.3, 0.4) is 0 Å². The highest BCUT2D eigenvalue weighted by atomic mass is 32.2. The molecule has 2 aliphatic rings. The van der Waals surface area contributed by atoms with Gasteiger partial charge in [-0.05, 0) is 19.8 Å². The van der Waals surface area contributed by atoms with Crippen LogP contribution in [0.2, 0.25) is 0 Å². The number of aromatic amines is 1. The fourth-order valence-electron chi connectivity index (χ4n) is 2.88. The zero-order valence-electron chi connectivity index (χ0n) is 12.7. The van der Waals surface area contributed by atoms with Gasteiger partial charge >= 0.3 is 0 Å². The smallest absolute Gasteiger partial charge is 0.255 e. The summed E-state index contributed by atoms with van der Waals surface area (Å²) < 4.78 is 0. The van der Waals surface area contributed by atoms with E-state index in [2.05, 4.69) is 15.3 Å². The Labute approximate surface area is 138 Å². The van der Waals surface area contributed by atoms with Crippen LogP contribution in [0.5, 0.6) is 0 Å². The van der Waals surface area contributed by atoms with E-state index in [-0.39, 0.29) is 16.7 Å². The normalized spacial score (nSPS) is 19.7. The molecule has 2 heterocycles. The molecule has 22 heavy (non-hydrogen) atoms. The number of H-pyrrole nitrogens is 1. The summed E-state index contributed by atoms with van der Waals surface area (Å²) in [5, 5.41) is 3.42. The molecule has 0 saturated heterocycles. The fourth-order valence-corrected chi connectivity index (χ4v) is 4.74. The van der Waals surface area contributed by atoms with Crippen molar-refractivity contribution in [1.29, 1.82) is 0 Å². The van der Waals surface area contributed by atoms with Crippen LogP contribution >= 0.6 is 23.5 Å². The molecule has 1 aromatic rings. The number of thioether (sulfide) groups is 2. The van der Waals surface area contributed by atoms with Crippen molar-refractivity contribution in [1.82, 2.24) is 15.3 Å². The third-order valence-corrected chi connectivity index (χ3v) is 6.13. The first kappa shape index (κ1) is 15.9. The molecule has 3 rings (SSSR count). The summed E-state index contributed by atoms with van der Waals surface area (Å²) >= 11 is 3.04. The lowest BCUT2D eigenvalue weighted by molar-refractivity contribution is -0.121. The van der Waals surface area contributed by atoms with Gasteiger partial charge in [-0.15, -0.1) is 0 Å². The van der Waals surface area contributed by atoms with Crippen LogP contribution in [-0.2, 0) is 16.3 Å². The van der Waals surface area contributed by atoms with Crippen LogP contribution in [-0.4, -0.2) is 27.2 Å². The molecule has 1 aromatic heterocycles. The summed E-state index contributed by atoms with van der Waals surface area (Å²) in [7, 11) is 0. The number of carbonyl (C=O) groups excluding carboxylic acids is 1. The lowest BCUT2D eigenvalue weighted by atomic mass is 9.95. The van der Waals surface area contributed by atoms with Crippen molar-refractivity contribution in [3.8, 4) is 0 Å². The monoisotopic (exact) mass is 339 g/mol. The van der Waals surface area contributed by atoms with Crippen molar-refractivity contribution in [3.05, 3.63) is 21.6 Å². The molecule has 0 bridgehead atoms. The van der Waals surface area contributed by atoms with Crippen molar-refractivity contribution < 1.29 is 4.79 Å². The van der Waals surface area contributed by atoms with E-state index in [0.29, 0.717) is 11.2 Å². The predicted octanol–water partition coefficient (Wildman–Crippen LogP) is 2.45. The highest BCUT2D eigenvalue weighted by Gasteiger charge is 2.23. The standard InChI is InChI=1S/C15H21N3O2S2/c1-9(13(19)16-10-5-3-2-4-6-10)22-15-17-12-8-21-7-11(12)14(20)18-15/h9-10H,2-8H2,1H3,(H,16,19)(H,17,18,20). The Hall–Kier alpha value is -0.950. The minimum atomic E-state index is -0.253. The van der Waals surface area contributed by atoms with Gasteiger partial charge in [0.15, 0.2) is 5.16 Å². The maximum absolute atomic E-state index is 12.3. The Morgan fingerprint density at radius 2 is 2.14 bits per heavy atom. The van der Waals surface area contributed by atoms with Crippen LogP contribution in [0.1, 0.15) is 50.3 Å². The van der Waals surface area contributed by atoms with Crippen molar-refractivity contribution in [2.45, 2.75) is 67.0 Å². The first-order chi connectivity index (χ1) is 10.6. The first-order valence-corrected chi connectivity index (χ1v) is 9.84. The van der Waals surface area contributed by atoms with Crippen molar-refractivity contribution in [2.75, 3.05) is 0 Å². The van der Waals surface area contributed by atoms with Gasteiger partial charge in [0.2, 0.25) is 5.91 Å². The molecule has 1 unspecified atom stereocenters. The maximum atomic E-state index is 12.3. The lowest BCUT2D eigenvalue weighted by Gasteiger charge is -2.24. The molecule has 1 saturated carbocycles. The fraction of sp³-hybridized carbons (Fsp3) is 0.667. The van der Waals surface area contributed by atoms with Gasteiger partial charge in [0.25, 0.3) is 5.56 Å². The number of carbonyl (C=O) groups is 1. The van der Waals surface area contributed by atoms with Gasteiger partial charge in [-0.25, -0.2) is 4.98 Å². The van der Waals surface area contributed by atoms with Gasteiger partial charge in [-0.2, -0.15) is 11.8 Å². The first-order valence-electron chi connectivity index (χ1n) is 7.80. The second-order valence-corrected chi connectivity index (χ2v) is 8.21. The summed E-state index contributed by atoms with van der Waals surface area (Å²) in [5.41, 5.74) is 1.60. The number of hydrogen-bond donors (Lipinski definition) is 2. The highest BCUT2D eigenvalue weighted by Crippen LogP contribution is 2.28. The quantitative estimate of drug-likeness (QED) is 0.651. The van der Waals surface area contributed by atoms with E-state index < -0.39 is 0 Å². The van der Waals surface area contributed by atoms with Gasteiger partial charge < -0.3 is 10.3 Å². The summed E-state index contributed by atoms with van der Waals surface area (Å²) in [6.45, 7) is 1.87. The Morgan fingerprint density at radius 3 is 2.91 bits per heavy atom. The number of nitrogens with zero attached hydrogens (tertiary/aromatic N) is 1. The van der Waals surface area contributed by atoms with E-state index in [9.17, 15) is 9.59 Å². The van der Waals surface area contributed by atoms with Crippen LogP contribution in [0.15, 0.2) is 9.95 Å². The third-order valence-electron chi connectivity index (χ3n) is 4.17. The third kappa shape index (κ3) is 3.68. The minimum Gasteiger partial charge on any atom is -0.352 e. The van der Waals surface area contributed by atoms with Gasteiger partial charge in [0.05, 0.1) is 10.9 Å². The van der Waals surface area contributed by atoms with Crippen LogP contribution in [0, 0.1) is 0 Å².